The molecular formula is C13H11Cl2NO3. The molecule has 0 saturated carbocycles. The van der Waals surface area contributed by atoms with Crippen molar-refractivity contribution in [2.45, 2.75) is 19.3 Å². The Hall–Kier alpha value is -1.52. The van der Waals surface area contributed by atoms with Crippen molar-refractivity contribution in [1.29, 1.82) is 0 Å². The number of halogens is 2. The molecule has 0 bridgehead atoms. The maximum absolute atomic E-state index is 10.6. The number of carbonyl (C=O) groups is 1. The highest BCUT2D eigenvalue weighted by Gasteiger charge is 2.10. The lowest BCUT2D eigenvalue weighted by molar-refractivity contribution is 0.0685. The predicted molar refractivity (Wildman–Crippen MR) is 71.9 cm³/mol. The van der Waals surface area contributed by atoms with Gasteiger partial charge in [0.05, 0.1) is 10.0 Å². The van der Waals surface area contributed by atoms with Gasteiger partial charge in [0.15, 0.2) is 5.69 Å². The summed E-state index contributed by atoms with van der Waals surface area (Å²) in [6.07, 6.45) is 2.24. The van der Waals surface area contributed by atoms with Gasteiger partial charge >= 0.3 is 5.97 Å². The van der Waals surface area contributed by atoms with Crippen molar-refractivity contribution < 1.29 is 14.4 Å². The predicted octanol–water partition coefficient (Wildman–Crippen LogP) is 3.85. The lowest BCUT2D eigenvalue weighted by Crippen LogP contribution is -1.94. The third-order valence-corrected chi connectivity index (χ3v) is 3.39. The Morgan fingerprint density at radius 3 is 2.63 bits per heavy atom. The monoisotopic (exact) mass is 299 g/mol. The number of nitrogens with zero attached hydrogens (tertiary/aromatic N) is 1. The second-order valence-electron chi connectivity index (χ2n) is 4.09. The molecule has 100 valence electrons. The summed E-state index contributed by atoms with van der Waals surface area (Å²) in [7, 11) is 0. The van der Waals surface area contributed by atoms with Crippen LogP contribution in [0.15, 0.2) is 28.8 Å². The lowest BCUT2D eigenvalue weighted by atomic mass is 10.1. The van der Waals surface area contributed by atoms with Gasteiger partial charge in [-0.1, -0.05) is 34.4 Å². The second kappa shape index (κ2) is 6.08. The number of carboxylic acids is 1. The van der Waals surface area contributed by atoms with E-state index in [1.165, 1.54) is 6.07 Å². The Morgan fingerprint density at radius 2 is 2.00 bits per heavy atom. The molecular weight excluding hydrogens is 289 g/mol. The molecule has 1 aromatic heterocycles. The molecule has 0 atom stereocenters. The second-order valence-corrected chi connectivity index (χ2v) is 4.90. The highest BCUT2D eigenvalue weighted by atomic mass is 35.5. The van der Waals surface area contributed by atoms with Crippen LogP contribution in [0.2, 0.25) is 10.0 Å². The largest absolute Gasteiger partial charge is 0.476 e. The number of hydrogen-bond acceptors (Lipinski definition) is 3. The van der Waals surface area contributed by atoms with Crippen molar-refractivity contribution in [2.75, 3.05) is 0 Å². The molecule has 19 heavy (non-hydrogen) atoms. The first-order valence-electron chi connectivity index (χ1n) is 5.69. The molecule has 0 fully saturated rings. The van der Waals surface area contributed by atoms with Crippen LogP contribution in [0.4, 0.5) is 0 Å². The number of aryl methyl sites for hydroxylation is 2. The van der Waals surface area contributed by atoms with Crippen molar-refractivity contribution in [3.05, 3.63) is 51.3 Å². The van der Waals surface area contributed by atoms with E-state index in [4.69, 9.17) is 32.8 Å². The maximum atomic E-state index is 10.6. The first-order chi connectivity index (χ1) is 9.06. The third kappa shape index (κ3) is 3.72. The molecule has 0 aliphatic heterocycles. The fraction of sp³-hybridized carbons (Fsp3) is 0.231. The van der Waals surface area contributed by atoms with Gasteiger partial charge in [0.2, 0.25) is 0 Å². The molecule has 0 radical (unpaired) electrons. The van der Waals surface area contributed by atoms with Crippen LogP contribution in [0.3, 0.4) is 0 Å². The number of carboxylic acid groups (broad SMARTS) is 1. The smallest absolute Gasteiger partial charge is 0.358 e. The van der Waals surface area contributed by atoms with E-state index in [0.717, 1.165) is 18.4 Å². The minimum absolute atomic E-state index is 0.0652. The maximum Gasteiger partial charge on any atom is 0.358 e. The standard InChI is InChI=1S/C13H11Cl2NO3/c14-10-5-4-8(6-11(10)15)2-1-3-9-7-12(13(17)18)16-19-9/h4-7H,1-3H2,(H,17,18). The van der Waals surface area contributed by atoms with Gasteiger partial charge in [-0.15, -0.1) is 0 Å². The molecule has 2 aromatic rings. The summed E-state index contributed by atoms with van der Waals surface area (Å²) < 4.78 is 4.93. The quantitative estimate of drug-likeness (QED) is 0.910. The van der Waals surface area contributed by atoms with Crippen LogP contribution in [0.1, 0.15) is 28.2 Å². The average Bonchev–Trinajstić information content (AvgIpc) is 2.83. The lowest BCUT2D eigenvalue weighted by Gasteiger charge is -2.02. The van der Waals surface area contributed by atoms with Crippen LogP contribution in [-0.4, -0.2) is 16.2 Å². The van der Waals surface area contributed by atoms with Crippen molar-refractivity contribution in [3.63, 3.8) is 0 Å². The van der Waals surface area contributed by atoms with Crippen molar-refractivity contribution in [3.8, 4) is 0 Å². The fourth-order valence-electron chi connectivity index (χ4n) is 1.69. The van der Waals surface area contributed by atoms with Gasteiger partial charge < -0.3 is 9.63 Å². The van der Waals surface area contributed by atoms with E-state index in [1.54, 1.807) is 6.07 Å². The van der Waals surface area contributed by atoms with Crippen LogP contribution >= 0.6 is 23.2 Å². The minimum atomic E-state index is -1.08. The first-order valence-corrected chi connectivity index (χ1v) is 6.44. The molecule has 0 aliphatic carbocycles. The summed E-state index contributed by atoms with van der Waals surface area (Å²) in [5.41, 5.74) is 1.01. The van der Waals surface area contributed by atoms with Crippen LogP contribution in [0.5, 0.6) is 0 Å². The third-order valence-electron chi connectivity index (χ3n) is 2.65. The van der Waals surface area contributed by atoms with Crippen LogP contribution in [0, 0.1) is 0 Å². The van der Waals surface area contributed by atoms with Gasteiger partial charge in [0, 0.05) is 12.5 Å². The first kappa shape index (κ1) is 13.9. The Kier molecular flexibility index (Phi) is 4.45. The Morgan fingerprint density at radius 1 is 1.21 bits per heavy atom. The molecule has 0 spiro atoms. The zero-order chi connectivity index (χ0) is 13.8. The van der Waals surface area contributed by atoms with Gasteiger partial charge in [-0.25, -0.2) is 4.79 Å². The van der Waals surface area contributed by atoms with E-state index in [9.17, 15) is 4.79 Å². The minimum Gasteiger partial charge on any atom is -0.476 e. The van der Waals surface area contributed by atoms with Crippen molar-refractivity contribution in [1.82, 2.24) is 5.16 Å². The Balaban J connectivity index is 1.88. The zero-order valence-corrected chi connectivity index (χ0v) is 11.4. The summed E-state index contributed by atoms with van der Waals surface area (Å²) in [6.45, 7) is 0. The van der Waals surface area contributed by atoms with E-state index in [-0.39, 0.29) is 5.69 Å². The van der Waals surface area contributed by atoms with Gasteiger partial charge in [0.25, 0.3) is 0 Å². The zero-order valence-electron chi connectivity index (χ0n) is 9.90. The highest BCUT2D eigenvalue weighted by Crippen LogP contribution is 2.23. The summed E-state index contributed by atoms with van der Waals surface area (Å²) in [4.78, 5) is 10.6. The van der Waals surface area contributed by atoms with Crippen molar-refractivity contribution in [2.24, 2.45) is 0 Å². The summed E-state index contributed by atoms with van der Waals surface area (Å²) in [5, 5.41) is 13.2. The SMILES string of the molecule is O=C(O)c1cc(CCCc2ccc(Cl)c(Cl)c2)on1. The van der Waals surface area contributed by atoms with Crippen molar-refractivity contribution >= 4 is 29.2 Å². The number of benzene rings is 1. The molecule has 6 heteroatoms. The van der Waals surface area contributed by atoms with Gasteiger partial charge in [0.1, 0.15) is 5.76 Å². The average molecular weight is 300 g/mol. The molecule has 0 aliphatic rings. The Labute approximate surface area is 119 Å². The molecule has 0 amide bonds. The van der Waals surface area contributed by atoms with Crippen LogP contribution in [0.25, 0.3) is 0 Å². The molecule has 1 aromatic carbocycles. The van der Waals surface area contributed by atoms with E-state index in [2.05, 4.69) is 5.16 Å². The molecule has 0 unspecified atom stereocenters. The normalized spacial score (nSPS) is 10.6. The summed E-state index contributed by atoms with van der Waals surface area (Å²) in [5.74, 6) is -0.517. The number of hydrogen-bond donors (Lipinski definition) is 1. The summed E-state index contributed by atoms with van der Waals surface area (Å²) >= 11 is 11.8. The van der Waals surface area contributed by atoms with E-state index >= 15 is 0 Å². The molecule has 0 saturated heterocycles. The fourth-order valence-corrected chi connectivity index (χ4v) is 2.01. The Bertz CT molecular complexity index is 595. The highest BCUT2D eigenvalue weighted by molar-refractivity contribution is 6.42. The molecule has 2 rings (SSSR count). The van der Waals surface area contributed by atoms with E-state index in [0.29, 0.717) is 22.2 Å². The molecule has 1 N–H and O–H groups in total. The number of aromatic nitrogens is 1. The molecule has 1 heterocycles. The van der Waals surface area contributed by atoms with Gasteiger partial charge in [-0.3, -0.25) is 0 Å². The van der Waals surface area contributed by atoms with Crippen LogP contribution < -0.4 is 0 Å². The van der Waals surface area contributed by atoms with E-state index in [1.807, 2.05) is 12.1 Å². The number of aromatic carboxylic acids is 1. The van der Waals surface area contributed by atoms with Gasteiger partial charge in [-0.05, 0) is 30.5 Å². The van der Waals surface area contributed by atoms with Crippen LogP contribution in [-0.2, 0) is 12.8 Å². The van der Waals surface area contributed by atoms with E-state index < -0.39 is 5.97 Å². The number of rotatable bonds is 5. The topological polar surface area (TPSA) is 63.3 Å². The van der Waals surface area contributed by atoms with Gasteiger partial charge in [-0.2, -0.15) is 0 Å². The summed E-state index contributed by atoms with van der Waals surface area (Å²) in [6, 6.07) is 6.94. The molecule has 4 nitrogen and oxygen atoms in total.